The summed E-state index contributed by atoms with van der Waals surface area (Å²) in [6.07, 6.45) is 0.416. The average molecular weight is 453 g/mol. The van der Waals surface area contributed by atoms with Crippen LogP contribution in [0.5, 0.6) is 0 Å². The maximum Gasteiger partial charge on any atom is 0.407 e. The predicted octanol–water partition coefficient (Wildman–Crippen LogP) is 4.26. The highest BCUT2D eigenvalue weighted by Crippen LogP contribution is 2.44. The SMILES string of the molecule is CCC(C)C(NC(=O)OCC1c2ccccc2-c2ccccc21)C(=O)N(C)CCCC(=O)O. The van der Waals surface area contributed by atoms with Crippen molar-refractivity contribution in [3.8, 4) is 11.1 Å². The zero-order chi connectivity index (χ0) is 24.0. The second-order valence-electron chi connectivity index (χ2n) is 8.59. The summed E-state index contributed by atoms with van der Waals surface area (Å²) in [5, 5.41) is 11.6. The molecule has 7 nitrogen and oxygen atoms in total. The van der Waals surface area contributed by atoms with Crippen molar-refractivity contribution in [3.05, 3.63) is 59.7 Å². The molecule has 0 bridgehead atoms. The summed E-state index contributed by atoms with van der Waals surface area (Å²) in [5.74, 6) is -1.30. The number of amides is 2. The number of fused-ring (bicyclic) bond motifs is 3. The number of carbonyl (C=O) groups is 3. The van der Waals surface area contributed by atoms with Crippen molar-refractivity contribution in [1.82, 2.24) is 10.2 Å². The van der Waals surface area contributed by atoms with Gasteiger partial charge in [-0.2, -0.15) is 0 Å². The van der Waals surface area contributed by atoms with Crippen LogP contribution in [0, 0.1) is 5.92 Å². The Hall–Kier alpha value is -3.35. The molecule has 2 N–H and O–H groups in total. The molecule has 2 amide bonds. The van der Waals surface area contributed by atoms with Gasteiger partial charge in [-0.1, -0.05) is 68.8 Å². The molecule has 2 aromatic carbocycles. The molecule has 2 aromatic rings. The number of carbonyl (C=O) groups excluding carboxylic acids is 2. The van der Waals surface area contributed by atoms with Crippen molar-refractivity contribution >= 4 is 18.0 Å². The average Bonchev–Trinajstić information content (AvgIpc) is 3.13. The second kappa shape index (κ2) is 11.0. The van der Waals surface area contributed by atoms with Crippen molar-refractivity contribution in [3.63, 3.8) is 0 Å². The molecule has 1 aliphatic rings. The van der Waals surface area contributed by atoms with Crippen LogP contribution in [0.2, 0.25) is 0 Å². The first-order valence-electron chi connectivity index (χ1n) is 11.4. The number of aliphatic carboxylic acids is 1. The summed E-state index contributed by atoms with van der Waals surface area (Å²) in [6.45, 7) is 4.34. The minimum atomic E-state index is -0.897. The highest BCUT2D eigenvalue weighted by Gasteiger charge is 2.31. The monoisotopic (exact) mass is 452 g/mol. The smallest absolute Gasteiger partial charge is 0.407 e. The van der Waals surface area contributed by atoms with Gasteiger partial charge in [0, 0.05) is 25.9 Å². The molecule has 33 heavy (non-hydrogen) atoms. The van der Waals surface area contributed by atoms with Crippen LogP contribution in [0.1, 0.15) is 50.2 Å². The Labute approximate surface area is 194 Å². The largest absolute Gasteiger partial charge is 0.481 e. The van der Waals surface area contributed by atoms with E-state index in [-0.39, 0.29) is 30.8 Å². The Bertz CT molecular complexity index is 960. The molecule has 176 valence electrons. The summed E-state index contributed by atoms with van der Waals surface area (Å²) in [6, 6.07) is 15.5. The molecule has 7 heteroatoms. The zero-order valence-electron chi connectivity index (χ0n) is 19.4. The fraction of sp³-hybridized carbons (Fsp3) is 0.423. The number of carboxylic acid groups (broad SMARTS) is 1. The summed E-state index contributed by atoms with van der Waals surface area (Å²) in [5.41, 5.74) is 4.55. The number of nitrogens with one attached hydrogen (secondary N) is 1. The van der Waals surface area contributed by atoms with E-state index in [9.17, 15) is 14.4 Å². The van der Waals surface area contributed by atoms with Gasteiger partial charge in [-0.25, -0.2) is 4.79 Å². The second-order valence-corrected chi connectivity index (χ2v) is 8.59. The first-order chi connectivity index (χ1) is 15.8. The van der Waals surface area contributed by atoms with Gasteiger partial charge in [-0.15, -0.1) is 0 Å². The molecular formula is C26H32N2O5. The van der Waals surface area contributed by atoms with E-state index in [2.05, 4.69) is 29.6 Å². The predicted molar refractivity (Wildman–Crippen MR) is 126 cm³/mol. The van der Waals surface area contributed by atoms with E-state index in [4.69, 9.17) is 9.84 Å². The third-order valence-electron chi connectivity index (χ3n) is 6.36. The number of rotatable bonds is 10. The minimum Gasteiger partial charge on any atom is -0.481 e. The third kappa shape index (κ3) is 5.72. The van der Waals surface area contributed by atoms with Gasteiger partial charge >= 0.3 is 12.1 Å². The quantitative estimate of drug-likeness (QED) is 0.561. The van der Waals surface area contributed by atoms with Gasteiger partial charge < -0.3 is 20.1 Å². The van der Waals surface area contributed by atoms with Crippen molar-refractivity contribution in [2.75, 3.05) is 20.2 Å². The number of hydrogen-bond donors (Lipinski definition) is 2. The summed E-state index contributed by atoms with van der Waals surface area (Å²) >= 11 is 0. The van der Waals surface area contributed by atoms with E-state index in [1.807, 2.05) is 38.1 Å². The lowest BCUT2D eigenvalue weighted by Crippen LogP contribution is -2.51. The standard InChI is InChI=1S/C26H32N2O5/c1-4-17(2)24(25(31)28(3)15-9-14-23(29)30)27-26(32)33-16-22-20-12-7-5-10-18(20)19-11-6-8-13-21(19)22/h5-8,10-13,17,22,24H,4,9,14-16H2,1-3H3,(H,27,32)(H,29,30). The van der Waals surface area contributed by atoms with Gasteiger partial charge in [0.1, 0.15) is 12.6 Å². The van der Waals surface area contributed by atoms with Gasteiger partial charge in [0.05, 0.1) is 0 Å². The molecule has 0 aliphatic heterocycles. The third-order valence-corrected chi connectivity index (χ3v) is 6.36. The lowest BCUT2D eigenvalue weighted by molar-refractivity contribution is -0.138. The highest BCUT2D eigenvalue weighted by atomic mass is 16.5. The molecule has 0 aromatic heterocycles. The molecule has 0 saturated heterocycles. The van der Waals surface area contributed by atoms with Crippen LogP contribution in [0.3, 0.4) is 0 Å². The first kappa shape index (κ1) is 24.3. The lowest BCUT2D eigenvalue weighted by atomic mass is 9.97. The van der Waals surface area contributed by atoms with E-state index in [1.54, 1.807) is 7.05 Å². The minimum absolute atomic E-state index is 0.00851. The number of likely N-dealkylation sites (N-methyl/N-ethyl adjacent to an activating group) is 1. The Morgan fingerprint density at radius 1 is 1.06 bits per heavy atom. The van der Waals surface area contributed by atoms with E-state index in [1.165, 1.54) is 4.90 Å². The van der Waals surface area contributed by atoms with Crippen LogP contribution in [-0.4, -0.2) is 54.2 Å². The molecule has 0 spiro atoms. The van der Waals surface area contributed by atoms with Gasteiger partial charge in [-0.05, 0) is 34.6 Å². The van der Waals surface area contributed by atoms with E-state index in [0.29, 0.717) is 19.4 Å². The van der Waals surface area contributed by atoms with Crippen LogP contribution >= 0.6 is 0 Å². The molecule has 0 fully saturated rings. The Morgan fingerprint density at radius 3 is 2.18 bits per heavy atom. The Balaban J connectivity index is 1.64. The molecule has 0 saturated carbocycles. The first-order valence-corrected chi connectivity index (χ1v) is 11.4. The summed E-state index contributed by atoms with van der Waals surface area (Å²) in [4.78, 5) is 37.9. The van der Waals surface area contributed by atoms with Crippen LogP contribution in [0.15, 0.2) is 48.5 Å². The van der Waals surface area contributed by atoms with Gasteiger partial charge in [0.25, 0.3) is 0 Å². The van der Waals surface area contributed by atoms with Gasteiger partial charge in [0.15, 0.2) is 0 Å². The maximum absolute atomic E-state index is 13.0. The lowest BCUT2D eigenvalue weighted by Gasteiger charge is -2.28. The van der Waals surface area contributed by atoms with Gasteiger partial charge in [-0.3, -0.25) is 9.59 Å². The number of hydrogen-bond acceptors (Lipinski definition) is 4. The maximum atomic E-state index is 13.0. The molecule has 0 heterocycles. The molecule has 1 aliphatic carbocycles. The van der Waals surface area contributed by atoms with Crippen molar-refractivity contribution in [1.29, 1.82) is 0 Å². The number of alkyl carbamates (subject to hydrolysis) is 1. The zero-order valence-corrected chi connectivity index (χ0v) is 19.4. The Morgan fingerprint density at radius 2 is 1.64 bits per heavy atom. The summed E-state index contributed by atoms with van der Waals surface area (Å²) in [7, 11) is 1.62. The highest BCUT2D eigenvalue weighted by molar-refractivity contribution is 5.86. The van der Waals surface area contributed by atoms with Crippen LogP contribution in [0.25, 0.3) is 11.1 Å². The van der Waals surface area contributed by atoms with E-state index >= 15 is 0 Å². The number of nitrogens with zero attached hydrogens (tertiary/aromatic N) is 1. The molecular weight excluding hydrogens is 420 g/mol. The fourth-order valence-electron chi connectivity index (χ4n) is 4.27. The summed E-state index contributed by atoms with van der Waals surface area (Å²) < 4.78 is 5.61. The molecule has 2 atom stereocenters. The Kier molecular flexibility index (Phi) is 8.09. The number of benzene rings is 2. The van der Waals surface area contributed by atoms with E-state index < -0.39 is 18.1 Å². The van der Waals surface area contributed by atoms with Crippen LogP contribution in [-0.2, 0) is 14.3 Å². The van der Waals surface area contributed by atoms with E-state index in [0.717, 1.165) is 22.3 Å². The molecule has 3 rings (SSSR count). The molecule has 0 radical (unpaired) electrons. The number of ether oxygens (including phenoxy) is 1. The number of carboxylic acids is 1. The fourth-order valence-corrected chi connectivity index (χ4v) is 4.27. The van der Waals surface area contributed by atoms with Crippen molar-refractivity contribution in [2.45, 2.75) is 45.1 Å². The van der Waals surface area contributed by atoms with Gasteiger partial charge in [0.2, 0.25) is 5.91 Å². The van der Waals surface area contributed by atoms with Crippen LogP contribution in [0.4, 0.5) is 4.79 Å². The topological polar surface area (TPSA) is 95.9 Å². The normalized spacial score (nSPS) is 14.0. The van der Waals surface area contributed by atoms with Crippen LogP contribution < -0.4 is 5.32 Å². The van der Waals surface area contributed by atoms with Crippen molar-refractivity contribution < 1.29 is 24.2 Å². The van der Waals surface area contributed by atoms with Crippen molar-refractivity contribution in [2.24, 2.45) is 5.92 Å². The molecule has 2 unspecified atom stereocenters.